The molecule has 0 aromatic carbocycles. The minimum atomic E-state index is -0.336. The molecule has 0 aliphatic carbocycles. The van der Waals surface area contributed by atoms with Gasteiger partial charge in [0.15, 0.2) is 0 Å². The molecule has 1 aliphatic heterocycles. The molecule has 1 saturated heterocycles. The highest BCUT2D eigenvalue weighted by Gasteiger charge is 2.31. The van der Waals surface area contributed by atoms with E-state index in [-0.39, 0.29) is 18.1 Å². The highest BCUT2D eigenvalue weighted by Crippen LogP contribution is 2.17. The molecule has 0 spiro atoms. The highest BCUT2D eigenvalue weighted by molar-refractivity contribution is 5.79. The van der Waals surface area contributed by atoms with Crippen LogP contribution in [0.15, 0.2) is 0 Å². The molecule has 0 bridgehead atoms. The van der Waals surface area contributed by atoms with Crippen LogP contribution in [-0.2, 0) is 4.79 Å². The van der Waals surface area contributed by atoms with Crippen molar-refractivity contribution in [1.82, 2.24) is 5.32 Å². The van der Waals surface area contributed by atoms with Crippen molar-refractivity contribution >= 4 is 5.91 Å². The third-order valence-corrected chi connectivity index (χ3v) is 1.69. The summed E-state index contributed by atoms with van der Waals surface area (Å²) in [5.41, 5.74) is -0.336. The lowest BCUT2D eigenvalue weighted by Crippen LogP contribution is -2.41. The number of aliphatic hydroxyl groups excluding tert-OH is 1. The van der Waals surface area contributed by atoms with Gasteiger partial charge in [-0.05, 0) is 13.3 Å². The fourth-order valence-corrected chi connectivity index (χ4v) is 0.970. The highest BCUT2D eigenvalue weighted by atomic mass is 16.3. The summed E-state index contributed by atoms with van der Waals surface area (Å²) in [5, 5.41) is 11.4. The van der Waals surface area contributed by atoms with Gasteiger partial charge in [0, 0.05) is 6.42 Å². The molecule has 0 radical (unpaired) electrons. The summed E-state index contributed by atoms with van der Waals surface area (Å²) in [6.07, 6.45) is 1.30. The van der Waals surface area contributed by atoms with Crippen molar-refractivity contribution in [3.63, 3.8) is 0 Å². The number of hydrogen-bond acceptors (Lipinski definition) is 2. The third kappa shape index (κ3) is 1.21. The number of carbonyl (C=O) groups is 1. The molecule has 0 aromatic heterocycles. The van der Waals surface area contributed by atoms with E-state index in [1.807, 2.05) is 6.92 Å². The van der Waals surface area contributed by atoms with E-state index >= 15 is 0 Å². The Morgan fingerprint density at radius 2 is 2.56 bits per heavy atom. The first-order chi connectivity index (χ1) is 4.16. The van der Waals surface area contributed by atoms with Crippen molar-refractivity contribution in [2.24, 2.45) is 0 Å². The van der Waals surface area contributed by atoms with Crippen LogP contribution in [-0.4, -0.2) is 23.2 Å². The summed E-state index contributed by atoms with van der Waals surface area (Å²) in [4.78, 5) is 10.6. The largest absolute Gasteiger partial charge is 0.394 e. The minimum absolute atomic E-state index is 0.0404. The Kier molecular flexibility index (Phi) is 1.45. The normalized spacial score (nSPS) is 34.7. The summed E-state index contributed by atoms with van der Waals surface area (Å²) in [6, 6.07) is 0. The average molecular weight is 129 g/mol. The molecule has 0 saturated carbocycles. The van der Waals surface area contributed by atoms with Gasteiger partial charge in [-0.3, -0.25) is 4.79 Å². The molecular weight excluding hydrogens is 118 g/mol. The van der Waals surface area contributed by atoms with Gasteiger partial charge in [-0.2, -0.15) is 0 Å². The van der Waals surface area contributed by atoms with Crippen molar-refractivity contribution in [2.75, 3.05) is 6.61 Å². The zero-order valence-electron chi connectivity index (χ0n) is 5.48. The number of carbonyl (C=O) groups excluding carboxylic acids is 1. The molecule has 0 aromatic rings. The Morgan fingerprint density at radius 3 is 2.78 bits per heavy atom. The van der Waals surface area contributed by atoms with Gasteiger partial charge in [-0.25, -0.2) is 0 Å². The Balaban J connectivity index is 2.54. The molecule has 2 N–H and O–H groups in total. The molecule has 1 amide bonds. The second-order valence-electron chi connectivity index (χ2n) is 2.77. The fraction of sp³-hybridized carbons (Fsp3) is 0.833. The van der Waals surface area contributed by atoms with E-state index in [1.165, 1.54) is 0 Å². The van der Waals surface area contributed by atoms with E-state index in [9.17, 15) is 4.79 Å². The van der Waals surface area contributed by atoms with Crippen molar-refractivity contribution in [3.05, 3.63) is 0 Å². The first kappa shape index (κ1) is 6.55. The van der Waals surface area contributed by atoms with Crippen LogP contribution in [0.4, 0.5) is 0 Å². The Hall–Kier alpha value is -0.570. The lowest BCUT2D eigenvalue weighted by molar-refractivity contribution is -0.119. The molecule has 3 nitrogen and oxygen atoms in total. The number of rotatable bonds is 1. The van der Waals surface area contributed by atoms with Crippen LogP contribution in [0.2, 0.25) is 0 Å². The van der Waals surface area contributed by atoms with E-state index < -0.39 is 0 Å². The molecule has 52 valence electrons. The maximum Gasteiger partial charge on any atom is 0.220 e. The average Bonchev–Trinajstić information content (AvgIpc) is 2.13. The van der Waals surface area contributed by atoms with E-state index in [4.69, 9.17) is 5.11 Å². The number of hydrogen-bond donors (Lipinski definition) is 2. The summed E-state index contributed by atoms with van der Waals surface area (Å²) in [6.45, 7) is 1.89. The van der Waals surface area contributed by atoms with Gasteiger partial charge in [-0.15, -0.1) is 0 Å². The summed E-state index contributed by atoms with van der Waals surface area (Å²) < 4.78 is 0. The van der Waals surface area contributed by atoms with Gasteiger partial charge in [0.05, 0.1) is 12.1 Å². The lowest BCUT2D eigenvalue weighted by atomic mass is 10.0. The third-order valence-electron chi connectivity index (χ3n) is 1.69. The molecular formula is C6H11NO2. The Labute approximate surface area is 54.1 Å². The van der Waals surface area contributed by atoms with Crippen LogP contribution in [0.25, 0.3) is 0 Å². The molecule has 1 aliphatic rings. The molecule has 3 heteroatoms. The van der Waals surface area contributed by atoms with Crippen molar-refractivity contribution in [2.45, 2.75) is 25.3 Å². The minimum Gasteiger partial charge on any atom is -0.394 e. The van der Waals surface area contributed by atoms with Crippen LogP contribution in [0.1, 0.15) is 19.8 Å². The zero-order valence-corrected chi connectivity index (χ0v) is 5.48. The number of aliphatic hydroxyl groups is 1. The summed E-state index contributed by atoms with van der Waals surface area (Å²) in [7, 11) is 0. The van der Waals surface area contributed by atoms with E-state index in [2.05, 4.69) is 5.32 Å². The van der Waals surface area contributed by atoms with Crippen LogP contribution < -0.4 is 5.32 Å². The standard InChI is InChI=1S/C6H11NO2/c1-6(4-8)3-2-5(9)7-6/h8H,2-4H2,1H3,(H,7,9). The van der Waals surface area contributed by atoms with Gasteiger partial charge in [0.25, 0.3) is 0 Å². The molecule has 1 heterocycles. The van der Waals surface area contributed by atoms with Crippen molar-refractivity contribution in [3.8, 4) is 0 Å². The smallest absolute Gasteiger partial charge is 0.220 e. The topological polar surface area (TPSA) is 49.3 Å². The quantitative estimate of drug-likeness (QED) is 0.508. The summed E-state index contributed by atoms with van der Waals surface area (Å²) >= 11 is 0. The van der Waals surface area contributed by atoms with Gasteiger partial charge in [0.1, 0.15) is 0 Å². The Bertz CT molecular complexity index is 135. The van der Waals surface area contributed by atoms with Crippen LogP contribution >= 0.6 is 0 Å². The molecule has 1 unspecified atom stereocenters. The maximum absolute atomic E-state index is 10.6. The predicted molar refractivity (Wildman–Crippen MR) is 32.9 cm³/mol. The molecule has 1 fully saturated rings. The number of amides is 1. The van der Waals surface area contributed by atoms with E-state index in [0.717, 1.165) is 6.42 Å². The SMILES string of the molecule is CC1(CO)CCC(=O)N1. The second-order valence-corrected chi connectivity index (χ2v) is 2.77. The van der Waals surface area contributed by atoms with Crippen LogP contribution in [0.3, 0.4) is 0 Å². The molecule has 1 atom stereocenters. The van der Waals surface area contributed by atoms with E-state index in [0.29, 0.717) is 6.42 Å². The van der Waals surface area contributed by atoms with Gasteiger partial charge in [0.2, 0.25) is 5.91 Å². The molecule has 9 heavy (non-hydrogen) atoms. The summed E-state index contributed by atoms with van der Waals surface area (Å²) in [5.74, 6) is 0.0477. The monoisotopic (exact) mass is 129 g/mol. The van der Waals surface area contributed by atoms with Crippen molar-refractivity contribution < 1.29 is 9.90 Å². The van der Waals surface area contributed by atoms with Gasteiger partial charge < -0.3 is 10.4 Å². The Morgan fingerprint density at radius 1 is 1.89 bits per heavy atom. The van der Waals surface area contributed by atoms with Gasteiger partial charge >= 0.3 is 0 Å². The zero-order chi connectivity index (χ0) is 6.91. The van der Waals surface area contributed by atoms with Crippen LogP contribution in [0, 0.1) is 0 Å². The second kappa shape index (κ2) is 1.99. The molecule has 1 rings (SSSR count). The first-order valence-electron chi connectivity index (χ1n) is 3.08. The number of nitrogens with one attached hydrogen (secondary N) is 1. The van der Waals surface area contributed by atoms with Crippen molar-refractivity contribution in [1.29, 1.82) is 0 Å². The maximum atomic E-state index is 10.6. The predicted octanol–water partition coefficient (Wildman–Crippen LogP) is -0.353. The lowest BCUT2D eigenvalue weighted by Gasteiger charge is -2.19. The fourth-order valence-electron chi connectivity index (χ4n) is 0.970. The van der Waals surface area contributed by atoms with E-state index in [1.54, 1.807) is 0 Å². The first-order valence-corrected chi connectivity index (χ1v) is 3.08. The van der Waals surface area contributed by atoms with Crippen LogP contribution in [0.5, 0.6) is 0 Å². The van der Waals surface area contributed by atoms with Gasteiger partial charge in [-0.1, -0.05) is 0 Å².